The highest BCUT2D eigenvalue weighted by atomic mass is 32.2. The first-order valence-corrected chi connectivity index (χ1v) is 7.25. The van der Waals surface area contributed by atoms with Crippen LogP contribution >= 0.6 is 0 Å². The Bertz CT molecular complexity index is 427. The second-order valence-electron chi connectivity index (χ2n) is 4.41. The smallest absolute Gasteiger partial charge is 0.136 e. The Balaban J connectivity index is 3.01. The summed E-state index contributed by atoms with van der Waals surface area (Å²) in [7, 11) is -2.35. The molecule has 16 heavy (non-hydrogen) atoms. The summed E-state index contributed by atoms with van der Waals surface area (Å²) in [5.74, 6) is 0.870. The summed E-state index contributed by atoms with van der Waals surface area (Å²) in [5.41, 5.74) is 0.585. The van der Waals surface area contributed by atoms with Gasteiger partial charge in [0, 0.05) is 18.0 Å². The molecule has 0 aromatic heterocycles. The second kappa shape index (κ2) is 5.01. The van der Waals surface area contributed by atoms with Gasteiger partial charge in [-0.1, -0.05) is 13.8 Å². The molecule has 0 saturated heterocycles. The molecule has 5 heteroatoms. The van der Waals surface area contributed by atoms with E-state index in [0.717, 1.165) is 0 Å². The van der Waals surface area contributed by atoms with E-state index in [9.17, 15) is 9.32 Å². The molecule has 0 aromatic rings. The predicted molar refractivity (Wildman–Crippen MR) is 68.1 cm³/mol. The number of aliphatic hydroxyl groups excluding tert-OH is 1. The fourth-order valence-electron chi connectivity index (χ4n) is 1.21. The van der Waals surface area contributed by atoms with Gasteiger partial charge in [-0.3, -0.25) is 0 Å². The first-order valence-electron chi connectivity index (χ1n) is 5.26. The molecule has 0 spiro atoms. The molecule has 1 aliphatic heterocycles. The minimum atomic E-state index is -2.35. The second-order valence-corrected chi connectivity index (χ2v) is 6.58. The zero-order chi connectivity index (χ0) is 12.3. The van der Waals surface area contributed by atoms with Gasteiger partial charge in [0.1, 0.15) is 5.76 Å². The van der Waals surface area contributed by atoms with Crippen molar-refractivity contribution in [3.8, 4) is 0 Å². The van der Waals surface area contributed by atoms with Gasteiger partial charge in [0.25, 0.3) is 0 Å². The Labute approximate surface area is 97.2 Å². The molecule has 0 aromatic carbocycles. The van der Waals surface area contributed by atoms with E-state index in [2.05, 4.69) is 4.40 Å². The monoisotopic (exact) mass is 245 g/mol. The molecular weight excluding hydrogens is 226 g/mol. The van der Waals surface area contributed by atoms with Gasteiger partial charge >= 0.3 is 0 Å². The van der Waals surface area contributed by atoms with Gasteiger partial charge in [0.05, 0.1) is 27.8 Å². The van der Waals surface area contributed by atoms with Crippen LogP contribution in [-0.2, 0) is 14.4 Å². The van der Waals surface area contributed by atoms with Crippen LogP contribution < -0.4 is 0 Å². The average molecular weight is 245 g/mol. The molecule has 0 bridgehead atoms. The summed E-state index contributed by atoms with van der Waals surface area (Å²) in [4.78, 5) is 0. The van der Waals surface area contributed by atoms with E-state index in [1.54, 1.807) is 13.2 Å². The van der Waals surface area contributed by atoms with Crippen LogP contribution in [0.25, 0.3) is 0 Å². The molecule has 0 fully saturated rings. The third-order valence-corrected chi connectivity index (χ3v) is 3.21. The largest absolute Gasteiger partial charge is 0.492 e. The van der Waals surface area contributed by atoms with E-state index in [1.165, 1.54) is 11.6 Å². The standard InChI is InChI=1S/C11H19NO3S/c1-8(2)6-15-11-7-16(4,14)12-5-10(11)9(3)13/h5,7-9,13H,6H2,1-4H3. The normalized spacial score (nSPS) is 26.9. The van der Waals surface area contributed by atoms with Crippen molar-refractivity contribution in [3.05, 3.63) is 11.3 Å². The highest BCUT2D eigenvalue weighted by Crippen LogP contribution is 2.14. The molecule has 0 aliphatic carbocycles. The number of aliphatic hydroxyl groups is 1. The van der Waals surface area contributed by atoms with Gasteiger partial charge in [-0.15, -0.1) is 0 Å². The quantitative estimate of drug-likeness (QED) is 0.752. The summed E-state index contributed by atoms with van der Waals surface area (Å²) in [5, 5.41) is 11.0. The van der Waals surface area contributed by atoms with Crippen LogP contribution in [0.4, 0.5) is 0 Å². The fraction of sp³-hybridized carbons (Fsp3) is 0.636. The van der Waals surface area contributed by atoms with Crippen molar-refractivity contribution >= 4 is 21.3 Å². The Kier molecular flexibility index (Phi) is 4.15. The predicted octanol–water partition coefficient (Wildman–Crippen LogP) is 1.01. The summed E-state index contributed by atoms with van der Waals surface area (Å²) in [6.07, 6.45) is 2.32. The van der Waals surface area contributed by atoms with Gasteiger partial charge in [-0.25, -0.2) is 8.61 Å². The van der Waals surface area contributed by atoms with Crippen molar-refractivity contribution in [2.24, 2.45) is 10.3 Å². The molecule has 1 heterocycles. The minimum Gasteiger partial charge on any atom is -0.492 e. The lowest BCUT2D eigenvalue weighted by atomic mass is 10.1. The van der Waals surface area contributed by atoms with Crippen molar-refractivity contribution in [2.45, 2.75) is 26.9 Å². The highest BCUT2D eigenvalue weighted by molar-refractivity contribution is 7.99. The first-order chi connectivity index (χ1) is 7.32. The molecular formula is C11H19NO3S. The molecule has 1 rings (SSSR count). The number of allylic oxidation sites excluding steroid dienone is 1. The van der Waals surface area contributed by atoms with Crippen LogP contribution in [-0.4, -0.2) is 39.9 Å². The molecule has 1 N–H and O–H groups in total. The van der Waals surface area contributed by atoms with Crippen LogP contribution in [0, 0.1) is 5.92 Å². The lowest BCUT2D eigenvalue weighted by Gasteiger charge is -2.18. The summed E-state index contributed by atoms with van der Waals surface area (Å²) in [6.45, 7) is 6.23. The maximum absolute atomic E-state index is 11.8. The van der Waals surface area contributed by atoms with Crippen molar-refractivity contribution < 1.29 is 14.1 Å². The zero-order valence-electron chi connectivity index (χ0n) is 10.1. The molecule has 1 aliphatic rings. The lowest BCUT2D eigenvalue weighted by Crippen LogP contribution is -2.19. The van der Waals surface area contributed by atoms with Gasteiger partial charge in [-0.05, 0) is 12.8 Å². The van der Waals surface area contributed by atoms with Crippen molar-refractivity contribution in [1.82, 2.24) is 0 Å². The summed E-state index contributed by atoms with van der Waals surface area (Å²) >= 11 is 0. The maximum atomic E-state index is 11.8. The van der Waals surface area contributed by atoms with E-state index in [4.69, 9.17) is 4.74 Å². The van der Waals surface area contributed by atoms with E-state index >= 15 is 0 Å². The van der Waals surface area contributed by atoms with Gasteiger partial charge < -0.3 is 9.84 Å². The summed E-state index contributed by atoms with van der Waals surface area (Å²) < 4.78 is 21.2. The Morgan fingerprint density at radius 3 is 2.62 bits per heavy atom. The lowest BCUT2D eigenvalue weighted by molar-refractivity contribution is 0.182. The number of rotatable bonds is 4. The van der Waals surface area contributed by atoms with Crippen LogP contribution in [0.15, 0.2) is 15.7 Å². The van der Waals surface area contributed by atoms with E-state index in [0.29, 0.717) is 23.9 Å². The molecule has 4 nitrogen and oxygen atoms in total. The first kappa shape index (κ1) is 13.3. The Hall–Kier alpha value is -0.810. The van der Waals surface area contributed by atoms with E-state index in [-0.39, 0.29) is 0 Å². The van der Waals surface area contributed by atoms with Crippen LogP contribution in [0.3, 0.4) is 0 Å². The third-order valence-electron chi connectivity index (χ3n) is 2.03. The molecule has 92 valence electrons. The van der Waals surface area contributed by atoms with Crippen molar-refractivity contribution in [1.29, 1.82) is 0 Å². The Morgan fingerprint density at radius 2 is 2.12 bits per heavy atom. The number of hydrogen-bond acceptors (Lipinski definition) is 3. The maximum Gasteiger partial charge on any atom is 0.136 e. The molecule has 0 radical (unpaired) electrons. The molecule has 0 saturated carbocycles. The van der Waals surface area contributed by atoms with E-state index in [1.807, 2.05) is 13.8 Å². The van der Waals surface area contributed by atoms with E-state index < -0.39 is 15.8 Å². The number of ether oxygens (including phenoxy) is 1. The van der Waals surface area contributed by atoms with Crippen LogP contribution in [0.2, 0.25) is 0 Å². The topological polar surface area (TPSA) is 58.9 Å². The summed E-state index contributed by atoms with van der Waals surface area (Å²) in [6, 6.07) is 0. The zero-order valence-corrected chi connectivity index (χ0v) is 11.0. The van der Waals surface area contributed by atoms with Crippen molar-refractivity contribution in [3.63, 3.8) is 0 Å². The third kappa shape index (κ3) is 3.64. The number of hydrogen-bond donors (Lipinski definition) is 1. The molecule has 0 amide bonds. The molecule has 2 atom stereocenters. The SMILES string of the molecule is CC(C)COC1=C(C(C)O)C=NS(C)(=O)=C1. The fourth-order valence-corrected chi connectivity index (χ4v) is 2.19. The molecule has 2 unspecified atom stereocenters. The van der Waals surface area contributed by atoms with Gasteiger partial charge in [0.2, 0.25) is 0 Å². The van der Waals surface area contributed by atoms with Gasteiger partial charge in [0.15, 0.2) is 0 Å². The average Bonchev–Trinajstić information content (AvgIpc) is 2.12. The van der Waals surface area contributed by atoms with Crippen molar-refractivity contribution in [2.75, 3.05) is 12.9 Å². The number of nitrogens with zero attached hydrogens (tertiary/aromatic N) is 1. The van der Waals surface area contributed by atoms with Crippen LogP contribution in [0.1, 0.15) is 20.8 Å². The van der Waals surface area contributed by atoms with Crippen LogP contribution in [0.5, 0.6) is 0 Å². The van der Waals surface area contributed by atoms with Gasteiger partial charge in [-0.2, -0.15) is 0 Å². The highest BCUT2D eigenvalue weighted by Gasteiger charge is 2.16. The minimum absolute atomic E-state index is 0.378. The Morgan fingerprint density at radius 1 is 1.50 bits per heavy atom.